The quantitative estimate of drug-likeness (QED) is 0.866. The molecule has 1 rings (SSSR count). The summed E-state index contributed by atoms with van der Waals surface area (Å²) in [4.78, 5) is 0. The van der Waals surface area contributed by atoms with E-state index in [9.17, 15) is 13.2 Å². The Morgan fingerprint density at radius 2 is 1.89 bits per heavy atom. The SMILES string of the molecule is CNc1cc(CNC(C)C)c(OC)c(C(F)(F)F)c1. The maximum absolute atomic E-state index is 13.0. The van der Waals surface area contributed by atoms with Crippen molar-refractivity contribution in [3.8, 4) is 5.75 Å². The highest BCUT2D eigenvalue weighted by atomic mass is 19.4. The summed E-state index contributed by atoms with van der Waals surface area (Å²) in [6.07, 6.45) is -4.44. The zero-order valence-electron chi connectivity index (χ0n) is 11.5. The van der Waals surface area contributed by atoms with Crippen LogP contribution in [0.5, 0.6) is 5.75 Å². The van der Waals surface area contributed by atoms with Gasteiger partial charge in [0.1, 0.15) is 5.75 Å². The third-order valence-corrected chi connectivity index (χ3v) is 2.66. The molecule has 1 aromatic rings. The number of halogens is 3. The van der Waals surface area contributed by atoms with Crippen LogP contribution < -0.4 is 15.4 Å². The van der Waals surface area contributed by atoms with Gasteiger partial charge in [0.2, 0.25) is 0 Å². The molecule has 0 bridgehead atoms. The van der Waals surface area contributed by atoms with Crippen LogP contribution >= 0.6 is 0 Å². The predicted molar refractivity (Wildman–Crippen MR) is 69.5 cm³/mol. The molecule has 0 spiro atoms. The summed E-state index contributed by atoms with van der Waals surface area (Å²) in [6.45, 7) is 4.18. The van der Waals surface area contributed by atoms with Crippen LogP contribution in [-0.2, 0) is 12.7 Å². The molecule has 108 valence electrons. The average molecular weight is 276 g/mol. The third-order valence-electron chi connectivity index (χ3n) is 2.66. The van der Waals surface area contributed by atoms with E-state index in [1.165, 1.54) is 7.11 Å². The Hall–Kier alpha value is -1.43. The van der Waals surface area contributed by atoms with Crippen LogP contribution in [0, 0.1) is 0 Å². The fourth-order valence-corrected chi connectivity index (χ4v) is 1.73. The van der Waals surface area contributed by atoms with Crippen LogP contribution in [0.3, 0.4) is 0 Å². The molecule has 3 nitrogen and oxygen atoms in total. The summed E-state index contributed by atoms with van der Waals surface area (Å²) in [6, 6.07) is 2.89. The monoisotopic (exact) mass is 276 g/mol. The smallest absolute Gasteiger partial charge is 0.420 e. The van der Waals surface area contributed by atoms with Gasteiger partial charge in [0.05, 0.1) is 12.7 Å². The first-order valence-electron chi connectivity index (χ1n) is 5.98. The van der Waals surface area contributed by atoms with E-state index in [2.05, 4.69) is 10.6 Å². The van der Waals surface area contributed by atoms with E-state index < -0.39 is 11.7 Å². The number of methoxy groups -OCH3 is 1. The van der Waals surface area contributed by atoms with Crippen molar-refractivity contribution in [2.45, 2.75) is 32.6 Å². The number of rotatable bonds is 5. The molecule has 0 aromatic heterocycles. The molecular weight excluding hydrogens is 257 g/mol. The molecule has 0 aliphatic rings. The van der Waals surface area contributed by atoms with Gasteiger partial charge in [0, 0.05) is 30.9 Å². The number of anilines is 1. The van der Waals surface area contributed by atoms with Crippen LogP contribution in [0.25, 0.3) is 0 Å². The molecule has 2 N–H and O–H groups in total. The van der Waals surface area contributed by atoms with Gasteiger partial charge in [-0.15, -0.1) is 0 Å². The van der Waals surface area contributed by atoms with Gasteiger partial charge >= 0.3 is 6.18 Å². The number of alkyl halides is 3. The molecule has 0 atom stereocenters. The number of ether oxygens (including phenoxy) is 1. The van der Waals surface area contributed by atoms with Crippen LogP contribution in [0.4, 0.5) is 18.9 Å². The molecule has 0 fully saturated rings. The van der Waals surface area contributed by atoms with E-state index in [4.69, 9.17) is 4.74 Å². The molecular formula is C13H19F3N2O. The predicted octanol–water partition coefficient (Wildman–Crippen LogP) is 3.25. The summed E-state index contributed by atoms with van der Waals surface area (Å²) >= 11 is 0. The lowest BCUT2D eigenvalue weighted by Crippen LogP contribution is -2.23. The lowest BCUT2D eigenvalue weighted by atomic mass is 10.1. The van der Waals surface area contributed by atoms with Crippen molar-refractivity contribution in [2.75, 3.05) is 19.5 Å². The Balaban J connectivity index is 3.27. The van der Waals surface area contributed by atoms with Crippen molar-refractivity contribution in [1.82, 2.24) is 5.32 Å². The highest BCUT2D eigenvalue weighted by Gasteiger charge is 2.35. The molecule has 0 saturated carbocycles. The maximum Gasteiger partial charge on any atom is 0.420 e. The van der Waals surface area contributed by atoms with Crippen LogP contribution in [-0.4, -0.2) is 20.2 Å². The highest BCUT2D eigenvalue weighted by Crippen LogP contribution is 2.40. The number of benzene rings is 1. The first-order valence-corrected chi connectivity index (χ1v) is 5.98. The first kappa shape index (κ1) is 15.6. The average Bonchev–Trinajstić information content (AvgIpc) is 2.33. The fraction of sp³-hybridized carbons (Fsp3) is 0.538. The summed E-state index contributed by atoms with van der Waals surface area (Å²) < 4.78 is 44.0. The van der Waals surface area contributed by atoms with Gasteiger partial charge in [-0.2, -0.15) is 13.2 Å². The normalized spacial score (nSPS) is 11.8. The standard InChI is InChI=1S/C13H19F3N2O/c1-8(2)18-7-9-5-10(17-3)6-11(12(9)19-4)13(14,15)16/h5-6,8,17-18H,7H2,1-4H3. The summed E-state index contributed by atoms with van der Waals surface area (Å²) in [5, 5.41) is 5.83. The van der Waals surface area contributed by atoms with Crippen molar-refractivity contribution in [3.05, 3.63) is 23.3 Å². The molecule has 0 radical (unpaired) electrons. The summed E-state index contributed by atoms with van der Waals surface area (Å²) in [5.74, 6) is -0.125. The third kappa shape index (κ3) is 4.02. The summed E-state index contributed by atoms with van der Waals surface area (Å²) in [7, 11) is 2.84. The fourth-order valence-electron chi connectivity index (χ4n) is 1.73. The van der Waals surface area contributed by atoms with Crippen molar-refractivity contribution in [3.63, 3.8) is 0 Å². The van der Waals surface area contributed by atoms with E-state index in [1.54, 1.807) is 13.1 Å². The number of hydrogen-bond acceptors (Lipinski definition) is 3. The second-order valence-corrected chi connectivity index (χ2v) is 4.50. The van der Waals surface area contributed by atoms with E-state index >= 15 is 0 Å². The Kier molecular flexibility index (Phi) is 5.05. The largest absolute Gasteiger partial charge is 0.496 e. The molecule has 0 amide bonds. The van der Waals surface area contributed by atoms with Crippen LogP contribution in [0.15, 0.2) is 12.1 Å². The van der Waals surface area contributed by atoms with Gasteiger partial charge in [-0.1, -0.05) is 13.8 Å². The topological polar surface area (TPSA) is 33.3 Å². The molecule has 0 aliphatic heterocycles. The summed E-state index contributed by atoms with van der Waals surface area (Å²) in [5.41, 5.74) is 0.131. The van der Waals surface area contributed by atoms with Gasteiger partial charge < -0.3 is 15.4 Å². The van der Waals surface area contributed by atoms with Gasteiger partial charge in [-0.25, -0.2) is 0 Å². The molecule has 0 heterocycles. The molecule has 0 unspecified atom stereocenters. The van der Waals surface area contributed by atoms with Gasteiger partial charge in [0.15, 0.2) is 0 Å². The second-order valence-electron chi connectivity index (χ2n) is 4.50. The van der Waals surface area contributed by atoms with Crippen molar-refractivity contribution >= 4 is 5.69 Å². The lowest BCUT2D eigenvalue weighted by Gasteiger charge is -2.19. The zero-order valence-corrected chi connectivity index (χ0v) is 11.5. The van der Waals surface area contributed by atoms with Gasteiger partial charge in [-0.3, -0.25) is 0 Å². The zero-order chi connectivity index (χ0) is 14.6. The molecule has 1 aromatic carbocycles. The Morgan fingerprint density at radius 1 is 1.26 bits per heavy atom. The molecule has 19 heavy (non-hydrogen) atoms. The minimum atomic E-state index is -4.44. The lowest BCUT2D eigenvalue weighted by molar-refractivity contribution is -0.138. The van der Waals surface area contributed by atoms with Crippen LogP contribution in [0.1, 0.15) is 25.0 Å². The van der Waals surface area contributed by atoms with E-state index in [1.807, 2.05) is 13.8 Å². The van der Waals surface area contributed by atoms with Crippen LogP contribution in [0.2, 0.25) is 0 Å². The van der Waals surface area contributed by atoms with Gasteiger partial charge in [0.25, 0.3) is 0 Å². The van der Waals surface area contributed by atoms with Crippen molar-refractivity contribution < 1.29 is 17.9 Å². The second kappa shape index (κ2) is 6.14. The Bertz CT molecular complexity index is 431. The maximum atomic E-state index is 13.0. The minimum absolute atomic E-state index is 0.125. The Morgan fingerprint density at radius 3 is 2.32 bits per heavy atom. The molecule has 6 heteroatoms. The van der Waals surface area contributed by atoms with E-state index in [0.29, 0.717) is 17.8 Å². The molecule has 0 aliphatic carbocycles. The first-order chi connectivity index (χ1) is 8.79. The highest BCUT2D eigenvalue weighted by molar-refractivity contribution is 5.56. The number of hydrogen-bond donors (Lipinski definition) is 2. The minimum Gasteiger partial charge on any atom is -0.496 e. The Labute approximate surface area is 111 Å². The number of nitrogens with one attached hydrogen (secondary N) is 2. The van der Waals surface area contributed by atoms with E-state index in [0.717, 1.165) is 6.07 Å². The molecule has 0 saturated heterocycles. The van der Waals surface area contributed by atoms with Crippen molar-refractivity contribution in [1.29, 1.82) is 0 Å². The van der Waals surface area contributed by atoms with E-state index in [-0.39, 0.29) is 11.8 Å². The van der Waals surface area contributed by atoms with Gasteiger partial charge in [-0.05, 0) is 12.1 Å². The van der Waals surface area contributed by atoms with Crippen molar-refractivity contribution in [2.24, 2.45) is 0 Å².